The van der Waals surface area contributed by atoms with E-state index in [4.69, 9.17) is 5.26 Å². The molecule has 8 nitrogen and oxygen atoms in total. The zero-order chi connectivity index (χ0) is 18.8. The summed E-state index contributed by atoms with van der Waals surface area (Å²) >= 11 is 0. The van der Waals surface area contributed by atoms with Crippen molar-refractivity contribution in [2.75, 3.05) is 24.3 Å². The maximum Gasteiger partial charge on any atom is 0.158 e. The molecule has 0 unspecified atom stereocenters. The van der Waals surface area contributed by atoms with Gasteiger partial charge >= 0.3 is 0 Å². The molecule has 0 amide bonds. The second-order valence-electron chi connectivity index (χ2n) is 6.14. The standard InChI is InChI=1S/C19H16N8/c1-27(2)14-5-3-12(4-6-14)19-24-15-7-17(23-10-16(15)25-19)26-18-11-21-13(8-20)9-22-18/h3-7,9-11H,1-2H3,(H,24,25)(H,22,23,26). The third-order valence-electron chi connectivity index (χ3n) is 4.05. The number of nitriles is 1. The first-order valence-corrected chi connectivity index (χ1v) is 8.25. The van der Waals surface area contributed by atoms with Crippen LogP contribution in [-0.4, -0.2) is 39.0 Å². The van der Waals surface area contributed by atoms with Crippen molar-refractivity contribution in [3.05, 3.63) is 54.6 Å². The normalized spacial score (nSPS) is 10.6. The maximum atomic E-state index is 8.78. The van der Waals surface area contributed by atoms with Crippen molar-refractivity contribution in [3.8, 4) is 17.5 Å². The van der Waals surface area contributed by atoms with Crippen LogP contribution in [0.15, 0.2) is 48.9 Å². The van der Waals surface area contributed by atoms with Gasteiger partial charge < -0.3 is 15.2 Å². The van der Waals surface area contributed by atoms with Crippen LogP contribution in [0.3, 0.4) is 0 Å². The van der Waals surface area contributed by atoms with E-state index in [2.05, 4.69) is 47.3 Å². The number of hydrogen-bond donors (Lipinski definition) is 2. The van der Waals surface area contributed by atoms with E-state index >= 15 is 0 Å². The minimum absolute atomic E-state index is 0.265. The van der Waals surface area contributed by atoms with E-state index in [0.717, 1.165) is 28.1 Å². The second-order valence-corrected chi connectivity index (χ2v) is 6.14. The largest absolute Gasteiger partial charge is 0.378 e. The van der Waals surface area contributed by atoms with E-state index in [9.17, 15) is 0 Å². The summed E-state index contributed by atoms with van der Waals surface area (Å²) in [6.07, 6.45) is 4.62. The average Bonchev–Trinajstić information content (AvgIpc) is 3.12. The van der Waals surface area contributed by atoms with Gasteiger partial charge in [-0.15, -0.1) is 0 Å². The minimum Gasteiger partial charge on any atom is -0.378 e. The Morgan fingerprint density at radius 1 is 1.00 bits per heavy atom. The van der Waals surface area contributed by atoms with Gasteiger partial charge in [0.2, 0.25) is 0 Å². The summed E-state index contributed by atoms with van der Waals surface area (Å²) in [5.74, 6) is 1.89. The molecule has 4 aromatic rings. The van der Waals surface area contributed by atoms with Gasteiger partial charge in [0, 0.05) is 31.4 Å². The van der Waals surface area contributed by atoms with Crippen LogP contribution in [-0.2, 0) is 0 Å². The van der Waals surface area contributed by atoms with Gasteiger partial charge in [-0.1, -0.05) is 0 Å². The zero-order valence-electron chi connectivity index (χ0n) is 14.8. The molecule has 4 rings (SSSR count). The summed E-state index contributed by atoms with van der Waals surface area (Å²) in [6, 6.07) is 11.9. The highest BCUT2D eigenvalue weighted by atomic mass is 15.1. The van der Waals surface area contributed by atoms with E-state index in [1.54, 1.807) is 6.20 Å². The third kappa shape index (κ3) is 3.39. The molecule has 3 heterocycles. The number of H-pyrrole nitrogens is 1. The van der Waals surface area contributed by atoms with Crippen molar-refractivity contribution in [3.63, 3.8) is 0 Å². The van der Waals surface area contributed by atoms with E-state index in [-0.39, 0.29) is 5.69 Å². The summed E-state index contributed by atoms with van der Waals surface area (Å²) in [6.45, 7) is 0. The smallest absolute Gasteiger partial charge is 0.158 e. The number of fused-ring (bicyclic) bond motifs is 1. The molecule has 0 atom stereocenters. The zero-order valence-corrected chi connectivity index (χ0v) is 14.8. The molecular weight excluding hydrogens is 340 g/mol. The van der Waals surface area contributed by atoms with E-state index < -0.39 is 0 Å². The van der Waals surface area contributed by atoms with Crippen molar-refractivity contribution in [2.45, 2.75) is 0 Å². The highest BCUT2D eigenvalue weighted by Crippen LogP contribution is 2.24. The molecule has 0 aliphatic carbocycles. The van der Waals surface area contributed by atoms with Gasteiger partial charge in [0.05, 0.1) is 29.6 Å². The predicted molar refractivity (Wildman–Crippen MR) is 104 cm³/mol. The van der Waals surface area contributed by atoms with Crippen LogP contribution in [0.5, 0.6) is 0 Å². The van der Waals surface area contributed by atoms with E-state index in [1.807, 2.05) is 38.4 Å². The van der Waals surface area contributed by atoms with Crippen LogP contribution >= 0.6 is 0 Å². The first-order valence-electron chi connectivity index (χ1n) is 8.25. The molecule has 1 aromatic carbocycles. The Labute approximate surface area is 155 Å². The van der Waals surface area contributed by atoms with Gasteiger partial charge in [0.1, 0.15) is 23.5 Å². The van der Waals surface area contributed by atoms with Crippen molar-refractivity contribution in [1.29, 1.82) is 5.26 Å². The first kappa shape index (κ1) is 16.5. The van der Waals surface area contributed by atoms with Crippen LogP contribution in [0.2, 0.25) is 0 Å². The number of nitrogens with zero attached hydrogens (tertiary/aromatic N) is 6. The van der Waals surface area contributed by atoms with Crippen molar-refractivity contribution >= 4 is 28.4 Å². The van der Waals surface area contributed by atoms with Gasteiger partial charge in [-0.3, -0.25) is 0 Å². The summed E-state index contributed by atoms with van der Waals surface area (Å²) in [4.78, 5) is 22.5. The fourth-order valence-electron chi connectivity index (χ4n) is 2.61. The lowest BCUT2D eigenvalue weighted by Gasteiger charge is -2.11. The number of rotatable bonds is 4. The molecule has 132 valence electrons. The molecule has 0 saturated heterocycles. The quantitative estimate of drug-likeness (QED) is 0.578. The monoisotopic (exact) mass is 356 g/mol. The Kier molecular flexibility index (Phi) is 4.10. The number of pyridine rings is 1. The molecular formula is C19H16N8. The Bertz CT molecular complexity index is 1120. The topological polar surface area (TPSA) is 106 Å². The molecule has 27 heavy (non-hydrogen) atoms. The van der Waals surface area contributed by atoms with Crippen LogP contribution in [0.1, 0.15) is 5.69 Å². The molecule has 0 spiro atoms. The van der Waals surface area contributed by atoms with Crippen LogP contribution in [0.25, 0.3) is 22.4 Å². The molecule has 0 fully saturated rings. The molecule has 2 N–H and O–H groups in total. The summed E-state index contributed by atoms with van der Waals surface area (Å²) in [5.41, 5.74) is 4.04. The van der Waals surface area contributed by atoms with Crippen LogP contribution in [0, 0.1) is 11.3 Å². The van der Waals surface area contributed by atoms with Crippen LogP contribution < -0.4 is 10.2 Å². The number of aromatic nitrogens is 5. The molecule has 0 bridgehead atoms. The maximum absolute atomic E-state index is 8.78. The van der Waals surface area contributed by atoms with Gasteiger partial charge in [-0.25, -0.2) is 19.9 Å². The molecule has 3 aromatic heterocycles. The van der Waals surface area contributed by atoms with E-state index in [1.165, 1.54) is 12.4 Å². The Hall–Kier alpha value is -3.99. The number of imidazole rings is 1. The lowest BCUT2D eigenvalue weighted by molar-refractivity contribution is 1.13. The number of anilines is 3. The van der Waals surface area contributed by atoms with Gasteiger partial charge in [-0.05, 0) is 24.3 Å². The Morgan fingerprint density at radius 2 is 1.78 bits per heavy atom. The van der Waals surface area contributed by atoms with Crippen molar-refractivity contribution in [1.82, 2.24) is 24.9 Å². The Morgan fingerprint density at radius 3 is 2.44 bits per heavy atom. The number of aromatic amines is 1. The minimum atomic E-state index is 0.265. The number of nitrogens with one attached hydrogen (secondary N) is 2. The van der Waals surface area contributed by atoms with E-state index in [0.29, 0.717) is 11.6 Å². The summed E-state index contributed by atoms with van der Waals surface area (Å²) < 4.78 is 0. The fraction of sp³-hybridized carbons (Fsp3) is 0.105. The number of hydrogen-bond acceptors (Lipinski definition) is 7. The molecule has 0 saturated carbocycles. The average molecular weight is 356 g/mol. The van der Waals surface area contributed by atoms with Gasteiger partial charge in [-0.2, -0.15) is 5.26 Å². The Balaban J connectivity index is 1.60. The second kappa shape index (κ2) is 6.72. The molecule has 0 radical (unpaired) electrons. The third-order valence-corrected chi connectivity index (χ3v) is 4.05. The molecule has 0 aliphatic heterocycles. The van der Waals surface area contributed by atoms with Crippen molar-refractivity contribution in [2.24, 2.45) is 0 Å². The first-order chi connectivity index (χ1) is 13.1. The van der Waals surface area contributed by atoms with Gasteiger partial charge in [0.25, 0.3) is 0 Å². The van der Waals surface area contributed by atoms with Crippen LogP contribution in [0.4, 0.5) is 17.3 Å². The van der Waals surface area contributed by atoms with Crippen molar-refractivity contribution < 1.29 is 0 Å². The molecule has 8 heteroatoms. The fourth-order valence-corrected chi connectivity index (χ4v) is 2.61. The lowest BCUT2D eigenvalue weighted by atomic mass is 10.2. The predicted octanol–water partition coefficient (Wildman–Crippen LogP) is 3.10. The number of benzene rings is 1. The highest BCUT2D eigenvalue weighted by molar-refractivity contribution is 5.81. The summed E-state index contributed by atoms with van der Waals surface area (Å²) in [7, 11) is 4.02. The molecule has 0 aliphatic rings. The summed E-state index contributed by atoms with van der Waals surface area (Å²) in [5, 5.41) is 11.8. The lowest BCUT2D eigenvalue weighted by Crippen LogP contribution is -2.07. The van der Waals surface area contributed by atoms with Gasteiger partial charge in [0.15, 0.2) is 5.69 Å². The SMILES string of the molecule is CN(C)c1ccc(-c2nc3cc(Nc4cnc(C#N)cn4)ncc3[nH]2)cc1. The highest BCUT2D eigenvalue weighted by Gasteiger charge is 2.08.